The summed E-state index contributed by atoms with van der Waals surface area (Å²) in [5, 5.41) is 3.21. The summed E-state index contributed by atoms with van der Waals surface area (Å²) < 4.78 is 30.2. The summed E-state index contributed by atoms with van der Waals surface area (Å²) in [6.45, 7) is 0. The molecule has 0 aliphatic rings. The Bertz CT molecular complexity index is 516. The molecule has 0 N–H and O–H groups in total. The van der Waals surface area contributed by atoms with E-state index >= 15 is 0 Å². The number of aryl methyl sites for hydroxylation is 2. The minimum absolute atomic E-state index is 0.261. The van der Waals surface area contributed by atoms with E-state index < -0.39 is 12.2 Å². The van der Waals surface area contributed by atoms with Gasteiger partial charge in [-0.15, -0.1) is 0 Å². The SMILES string of the molecule is FC(F)c1noc(CCCc2ccccc2Br)n1. The van der Waals surface area contributed by atoms with E-state index in [2.05, 4.69) is 26.1 Å². The highest BCUT2D eigenvalue weighted by Gasteiger charge is 2.15. The lowest BCUT2D eigenvalue weighted by Gasteiger charge is -2.02. The Hall–Kier alpha value is -1.30. The Kier molecular flexibility index (Phi) is 4.41. The minimum atomic E-state index is -2.68. The highest BCUT2D eigenvalue weighted by Crippen LogP contribution is 2.19. The molecule has 0 radical (unpaired) electrons. The zero-order valence-corrected chi connectivity index (χ0v) is 11.0. The standard InChI is InChI=1S/C12H11BrF2N2O/c13-9-6-2-1-4-8(9)5-3-7-10-16-12(11(14)15)17-18-10/h1-2,4,6,11H,3,5,7H2. The number of halogens is 3. The van der Waals surface area contributed by atoms with Crippen LogP contribution in [0.4, 0.5) is 8.78 Å². The quantitative estimate of drug-likeness (QED) is 0.838. The van der Waals surface area contributed by atoms with E-state index in [9.17, 15) is 8.78 Å². The fraction of sp³-hybridized carbons (Fsp3) is 0.333. The summed E-state index contributed by atoms with van der Waals surface area (Å²) in [5.74, 6) is -0.275. The van der Waals surface area contributed by atoms with Gasteiger partial charge in [-0.25, -0.2) is 8.78 Å². The molecule has 1 aromatic heterocycles. The van der Waals surface area contributed by atoms with Crippen molar-refractivity contribution in [1.82, 2.24) is 10.1 Å². The molecule has 18 heavy (non-hydrogen) atoms. The molecule has 0 atom stereocenters. The van der Waals surface area contributed by atoms with Crippen molar-refractivity contribution in [2.45, 2.75) is 25.7 Å². The molecule has 6 heteroatoms. The number of hydrogen-bond acceptors (Lipinski definition) is 3. The Morgan fingerprint density at radius 1 is 1.22 bits per heavy atom. The summed E-state index contributed by atoms with van der Waals surface area (Å²) in [6.07, 6.45) is -0.576. The van der Waals surface area contributed by atoms with Gasteiger partial charge in [0.2, 0.25) is 11.7 Å². The number of aromatic nitrogens is 2. The van der Waals surface area contributed by atoms with Crippen LogP contribution in [0.1, 0.15) is 30.1 Å². The summed E-state index contributed by atoms with van der Waals surface area (Å²) in [5.41, 5.74) is 1.17. The van der Waals surface area contributed by atoms with Gasteiger partial charge in [0.25, 0.3) is 0 Å². The second-order valence-electron chi connectivity index (χ2n) is 3.79. The maximum absolute atomic E-state index is 12.2. The van der Waals surface area contributed by atoms with Gasteiger partial charge in [0, 0.05) is 10.9 Å². The maximum Gasteiger partial charge on any atom is 0.300 e. The fourth-order valence-electron chi connectivity index (χ4n) is 1.59. The second-order valence-corrected chi connectivity index (χ2v) is 4.65. The Labute approximate surface area is 111 Å². The van der Waals surface area contributed by atoms with Gasteiger partial charge in [0.15, 0.2) is 0 Å². The van der Waals surface area contributed by atoms with Crippen molar-refractivity contribution >= 4 is 15.9 Å². The normalized spacial score (nSPS) is 11.1. The number of alkyl halides is 2. The minimum Gasteiger partial charge on any atom is -0.339 e. The largest absolute Gasteiger partial charge is 0.339 e. The van der Waals surface area contributed by atoms with Gasteiger partial charge in [-0.05, 0) is 24.5 Å². The molecule has 0 fully saturated rings. The molecule has 0 unspecified atom stereocenters. The Balaban J connectivity index is 1.87. The lowest BCUT2D eigenvalue weighted by molar-refractivity contribution is 0.136. The van der Waals surface area contributed by atoms with Gasteiger partial charge in [-0.3, -0.25) is 0 Å². The molecular formula is C12H11BrF2N2O. The van der Waals surface area contributed by atoms with Crippen molar-refractivity contribution in [3.05, 3.63) is 46.0 Å². The molecule has 0 bridgehead atoms. The zero-order chi connectivity index (χ0) is 13.0. The number of rotatable bonds is 5. The molecule has 96 valence electrons. The van der Waals surface area contributed by atoms with Crippen molar-refractivity contribution in [2.24, 2.45) is 0 Å². The summed E-state index contributed by atoms with van der Waals surface area (Å²) in [7, 11) is 0. The van der Waals surface area contributed by atoms with Crippen LogP contribution in [0.2, 0.25) is 0 Å². The first kappa shape index (κ1) is 13.1. The van der Waals surface area contributed by atoms with E-state index in [0.717, 1.165) is 17.3 Å². The first-order valence-electron chi connectivity index (χ1n) is 5.51. The van der Waals surface area contributed by atoms with E-state index in [0.29, 0.717) is 6.42 Å². The van der Waals surface area contributed by atoms with E-state index in [1.165, 1.54) is 5.56 Å². The van der Waals surface area contributed by atoms with Crippen LogP contribution in [0, 0.1) is 0 Å². The second kappa shape index (κ2) is 6.04. The predicted octanol–water partition coefficient (Wildman–Crippen LogP) is 3.95. The molecular weight excluding hydrogens is 306 g/mol. The first-order chi connectivity index (χ1) is 8.66. The number of benzene rings is 1. The third-order valence-electron chi connectivity index (χ3n) is 2.47. The molecule has 0 saturated carbocycles. The van der Waals surface area contributed by atoms with Crippen LogP contribution < -0.4 is 0 Å². The molecule has 0 aliphatic carbocycles. The van der Waals surface area contributed by atoms with Crippen LogP contribution in [0.15, 0.2) is 33.3 Å². The molecule has 1 aromatic carbocycles. The summed E-state index contributed by atoms with van der Waals surface area (Å²) in [6, 6.07) is 7.89. The van der Waals surface area contributed by atoms with Gasteiger partial charge < -0.3 is 4.52 Å². The van der Waals surface area contributed by atoms with E-state index in [4.69, 9.17) is 4.52 Å². The summed E-state index contributed by atoms with van der Waals surface area (Å²) >= 11 is 3.46. The van der Waals surface area contributed by atoms with Crippen molar-refractivity contribution in [2.75, 3.05) is 0 Å². The molecule has 0 amide bonds. The fourth-order valence-corrected chi connectivity index (χ4v) is 2.07. The molecule has 2 aromatic rings. The average molecular weight is 317 g/mol. The van der Waals surface area contributed by atoms with Crippen molar-refractivity contribution in [3.8, 4) is 0 Å². The Morgan fingerprint density at radius 3 is 2.67 bits per heavy atom. The van der Waals surface area contributed by atoms with Crippen LogP contribution in [-0.4, -0.2) is 10.1 Å². The molecule has 3 nitrogen and oxygen atoms in total. The third kappa shape index (κ3) is 3.35. The van der Waals surface area contributed by atoms with Gasteiger partial charge in [-0.2, -0.15) is 4.98 Å². The van der Waals surface area contributed by atoms with Gasteiger partial charge >= 0.3 is 6.43 Å². The molecule has 0 spiro atoms. The number of nitrogens with zero attached hydrogens (tertiary/aromatic N) is 2. The first-order valence-corrected chi connectivity index (χ1v) is 6.30. The Morgan fingerprint density at radius 2 is 2.00 bits per heavy atom. The predicted molar refractivity (Wildman–Crippen MR) is 65.4 cm³/mol. The van der Waals surface area contributed by atoms with Gasteiger partial charge in [0.05, 0.1) is 0 Å². The average Bonchev–Trinajstić information content (AvgIpc) is 2.80. The van der Waals surface area contributed by atoms with Crippen LogP contribution in [-0.2, 0) is 12.8 Å². The monoisotopic (exact) mass is 316 g/mol. The lowest BCUT2D eigenvalue weighted by Crippen LogP contribution is -1.92. The van der Waals surface area contributed by atoms with Gasteiger partial charge in [0.1, 0.15) is 0 Å². The van der Waals surface area contributed by atoms with Gasteiger partial charge in [-0.1, -0.05) is 39.3 Å². The number of hydrogen-bond donors (Lipinski definition) is 0. The maximum atomic E-state index is 12.2. The highest BCUT2D eigenvalue weighted by atomic mass is 79.9. The summed E-state index contributed by atoms with van der Waals surface area (Å²) in [4.78, 5) is 3.62. The van der Waals surface area contributed by atoms with E-state index in [1.54, 1.807) is 0 Å². The van der Waals surface area contributed by atoms with Crippen LogP contribution in [0.25, 0.3) is 0 Å². The third-order valence-corrected chi connectivity index (χ3v) is 3.25. The lowest BCUT2D eigenvalue weighted by atomic mass is 10.1. The smallest absolute Gasteiger partial charge is 0.300 e. The van der Waals surface area contributed by atoms with Crippen molar-refractivity contribution in [1.29, 1.82) is 0 Å². The highest BCUT2D eigenvalue weighted by molar-refractivity contribution is 9.10. The molecule has 0 aliphatic heterocycles. The van der Waals surface area contributed by atoms with Crippen LogP contribution in [0.5, 0.6) is 0 Å². The molecule has 2 rings (SSSR count). The van der Waals surface area contributed by atoms with Crippen LogP contribution in [0.3, 0.4) is 0 Å². The van der Waals surface area contributed by atoms with Crippen molar-refractivity contribution < 1.29 is 13.3 Å². The molecule has 0 saturated heterocycles. The zero-order valence-electron chi connectivity index (χ0n) is 9.44. The van der Waals surface area contributed by atoms with E-state index in [1.807, 2.05) is 24.3 Å². The topological polar surface area (TPSA) is 38.9 Å². The molecule has 1 heterocycles. The van der Waals surface area contributed by atoms with Crippen LogP contribution >= 0.6 is 15.9 Å². The van der Waals surface area contributed by atoms with E-state index in [-0.39, 0.29) is 5.89 Å². The van der Waals surface area contributed by atoms with Crippen molar-refractivity contribution in [3.63, 3.8) is 0 Å².